The maximum absolute atomic E-state index is 15.9. The molecule has 1 fully saturated rings. The monoisotopic (exact) mass is 600 g/mol. The topological polar surface area (TPSA) is 159 Å². The summed E-state index contributed by atoms with van der Waals surface area (Å²) in [7, 11) is -4.80. The fourth-order valence-corrected chi connectivity index (χ4v) is 4.30. The van der Waals surface area contributed by atoms with Crippen molar-refractivity contribution in [2.24, 2.45) is 10.8 Å². The van der Waals surface area contributed by atoms with Crippen LogP contribution in [0.15, 0.2) is 24.7 Å². The van der Waals surface area contributed by atoms with Gasteiger partial charge in [0.2, 0.25) is 13.6 Å². The van der Waals surface area contributed by atoms with E-state index in [-0.39, 0.29) is 5.82 Å². The third-order valence-corrected chi connectivity index (χ3v) is 7.08. The molecular formula is C23H35ClFN2O11P. The lowest BCUT2D eigenvalue weighted by molar-refractivity contribution is -0.210. The highest BCUT2D eigenvalue weighted by atomic mass is 35.5. The van der Waals surface area contributed by atoms with E-state index < -0.39 is 79.8 Å². The van der Waals surface area contributed by atoms with E-state index in [4.69, 9.17) is 39.4 Å². The first kappa shape index (κ1) is 33.1. The predicted molar refractivity (Wildman–Crippen MR) is 134 cm³/mol. The molecule has 0 bridgehead atoms. The van der Waals surface area contributed by atoms with Crippen LogP contribution in [-0.4, -0.2) is 71.1 Å². The average molecular weight is 601 g/mol. The van der Waals surface area contributed by atoms with Gasteiger partial charge in [0.15, 0.2) is 6.23 Å². The number of aliphatic hydroxyl groups is 1. The number of esters is 2. The number of alkyl halides is 2. The fraction of sp³-hybridized carbons (Fsp3) is 0.696. The highest BCUT2D eigenvalue weighted by Gasteiger charge is 2.64. The molecule has 0 unspecified atom stereocenters. The summed E-state index contributed by atoms with van der Waals surface area (Å²) >= 11 is 6.43. The number of phosphoric acid groups is 1. The second-order valence-corrected chi connectivity index (χ2v) is 13.5. The Morgan fingerprint density at radius 2 is 1.64 bits per heavy atom. The third kappa shape index (κ3) is 8.23. The van der Waals surface area contributed by atoms with Crippen molar-refractivity contribution in [3.63, 3.8) is 0 Å². The molecule has 16 heteroatoms. The first-order valence-electron chi connectivity index (χ1n) is 11.7. The van der Waals surface area contributed by atoms with E-state index >= 15 is 4.39 Å². The van der Waals surface area contributed by atoms with E-state index in [1.165, 1.54) is 18.0 Å². The highest BCUT2D eigenvalue weighted by molar-refractivity contribution is 7.48. The van der Waals surface area contributed by atoms with Gasteiger partial charge in [0, 0.05) is 12.3 Å². The molecule has 222 valence electrons. The number of amides is 1. The largest absolute Gasteiger partial charge is 0.480 e. The molecular weight excluding hydrogens is 566 g/mol. The van der Waals surface area contributed by atoms with E-state index in [1.54, 1.807) is 41.5 Å². The standard InChI is InChI=1S/C23H35ClFN2O11P/c1-14-26-15(28)9-10-27(14)17-22(8,24)16(29)23(25,38-17)11-35-39(32,36-12-33-18(30)20(2,3)4)37-13-34-19(31)21(5,6)7/h9-10,16-17,29H,1,11-13H2,2-8H3,(H,26,28)/t16-,17+,22+,23+/m0/s1. The summed E-state index contributed by atoms with van der Waals surface area (Å²) in [5, 5.41) is 13.1. The average Bonchev–Trinajstić information content (AvgIpc) is 2.97. The van der Waals surface area contributed by atoms with Gasteiger partial charge < -0.3 is 29.5 Å². The van der Waals surface area contributed by atoms with Gasteiger partial charge in [-0.25, -0.2) is 18.0 Å². The first-order chi connectivity index (χ1) is 17.6. The molecule has 0 saturated carbocycles. The zero-order valence-corrected chi connectivity index (χ0v) is 24.5. The molecule has 1 amide bonds. The van der Waals surface area contributed by atoms with E-state index in [1.807, 2.05) is 0 Å². The van der Waals surface area contributed by atoms with Gasteiger partial charge in [0.1, 0.15) is 23.4 Å². The Kier molecular flexibility index (Phi) is 10.0. The lowest BCUT2D eigenvalue weighted by Gasteiger charge is -2.36. The first-order valence-corrected chi connectivity index (χ1v) is 13.5. The van der Waals surface area contributed by atoms with Crippen molar-refractivity contribution >= 4 is 37.3 Å². The molecule has 0 radical (unpaired) electrons. The number of carbonyl (C=O) groups excluding carboxylic acids is 3. The van der Waals surface area contributed by atoms with E-state index in [2.05, 4.69) is 11.9 Å². The second kappa shape index (κ2) is 11.8. The zero-order chi connectivity index (χ0) is 30.0. The van der Waals surface area contributed by atoms with E-state index in [0.29, 0.717) is 0 Å². The lowest BCUT2D eigenvalue weighted by atomic mass is 9.98. The highest BCUT2D eigenvalue weighted by Crippen LogP contribution is 2.53. The van der Waals surface area contributed by atoms with Crippen LogP contribution in [0, 0.1) is 10.8 Å². The van der Waals surface area contributed by atoms with Crippen molar-refractivity contribution in [1.29, 1.82) is 0 Å². The normalized spacial score (nSPS) is 27.9. The number of halogens is 2. The number of hydrogen-bond donors (Lipinski definition) is 2. The number of carbonyl (C=O) groups is 3. The molecule has 2 aliphatic heterocycles. The van der Waals surface area contributed by atoms with Gasteiger partial charge in [0.25, 0.3) is 11.8 Å². The van der Waals surface area contributed by atoms with Crippen LogP contribution in [0.4, 0.5) is 4.39 Å². The summed E-state index contributed by atoms with van der Waals surface area (Å²) in [6, 6.07) is 0. The van der Waals surface area contributed by atoms with Crippen LogP contribution in [0.5, 0.6) is 0 Å². The van der Waals surface area contributed by atoms with Gasteiger partial charge in [-0.1, -0.05) is 6.58 Å². The van der Waals surface area contributed by atoms with Crippen LogP contribution >= 0.6 is 19.4 Å². The van der Waals surface area contributed by atoms with Crippen molar-refractivity contribution in [1.82, 2.24) is 10.2 Å². The summed E-state index contributed by atoms with van der Waals surface area (Å²) in [4.78, 5) is 34.9. The SMILES string of the molecule is C=C1NC(=O)C=CN1[C@@H]1O[C@](F)(COP(=O)(OCOC(=O)C(C)(C)C)OCOC(=O)C(C)(C)C)[C@@H](O)[C@@]1(C)Cl. The molecule has 2 aliphatic rings. The van der Waals surface area contributed by atoms with Crippen molar-refractivity contribution in [3.05, 3.63) is 24.7 Å². The zero-order valence-electron chi connectivity index (χ0n) is 22.8. The Hall–Kier alpha value is -2.06. The fourth-order valence-electron chi connectivity index (χ4n) is 3.07. The Labute approximate surface area is 231 Å². The Morgan fingerprint density at radius 1 is 1.15 bits per heavy atom. The number of phosphoric ester groups is 1. The molecule has 0 aromatic carbocycles. The summed E-state index contributed by atoms with van der Waals surface area (Å²) in [5.74, 6) is -5.01. The second-order valence-electron chi connectivity index (χ2n) is 11.0. The number of rotatable bonds is 10. The van der Waals surface area contributed by atoms with Crippen molar-refractivity contribution in [2.75, 3.05) is 20.2 Å². The van der Waals surface area contributed by atoms with E-state index in [9.17, 15) is 24.1 Å². The summed E-state index contributed by atoms with van der Waals surface area (Å²) in [6.07, 6.45) is -1.13. The number of ether oxygens (including phenoxy) is 3. The van der Waals surface area contributed by atoms with E-state index in [0.717, 1.165) is 6.08 Å². The van der Waals surface area contributed by atoms with Crippen LogP contribution in [0.1, 0.15) is 48.5 Å². The molecule has 13 nitrogen and oxygen atoms in total. The molecule has 0 aromatic heterocycles. The number of aliphatic hydroxyl groups excluding tert-OH is 1. The van der Waals surface area contributed by atoms with Crippen LogP contribution in [0.3, 0.4) is 0 Å². The Balaban J connectivity index is 2.18. The molecule has 2 N–H and O–H groups in total. The van der Waals surface area contributed by atoms with Gasteiger partial charge in [0.05, 0.1) is 10.8 Å². The molecule has 39 heavy (non-hydrogen) atoms. The Morgan fingerprint density at radius 3 is 2.08 bits per heavy atom. The molecule has 1 saturated heterocycles. The van der Waals surface area contributed by atoms with Crippen LogP contribution in [0.25, 0.3) is 0 Å². The maximum Gasteiger partial charge on any atom is 0.480 e. The van der Waals surface area contributed by atoms with Gasteiger partial charge in [-0.05, 0) is 48.5 Å². The quantitative estimate of drug-likeness (QED) is 0.164. The van der Waals surface area contributed by atoms with Gasteiger partial charge >= 0.3 is 19.8 Å². The van der Waals surface area contributed by atoms with Crippen LogP contribution in [-0.2, 0) is 46.7 Å². The van der Waals surface area contributed by atoms with Crippen LogP contribution < -0.4 is 5.32 Å². The summed E-state index contributed by atoms with van der Waals surface area (Å²) in [6.45, 7) is 11.2. The minimum Gasteiger partial charge on any atom is -0.437 e. The predicted octanol–water partition coefficient (Wildman–Crippen LogP) is 3.04. The third-order valence-electron chi connectivity index (χ3n) is 5.40. The Bertz CT molecular complexity index is 1020. The molecule has 2 rings (SSSR count). The number of hydrogen-bond acceptors (Lipinski definition) is 12. The van der Waals surface area contributed by atoms with Crippen LogP contribution in [0.2, 0.25) is 0 Å². The summed E-state index contributed by atoms with van der Waals surface area (Å²) < 4.78 is 59.4. The molecule has 0 aliphatic carbocycles. The molecule has 0 spiro atoms. The smallest absolute Gasteiger partial charge is 0.437 e. The lowest BCUT2D eigenvalue weighted by Crippen LogP contribution is -2.51. The molecule has 4 atom stereocenters. The van der Waals surface area contributed by atoms with Crippen molar-refractivity contribution in [2.45, 2.75) is 71.5 Å². The minimum absolute atomic E-state index is 0.00425. The van der Waals surface area contributed by atoms with Gasteiger partial charge in [-0.2, -0.15) is 0 Å². The number of nitrogens with zero attached hydrogens (tertiary/aromatic N) is 1. The van der Waals surface area contributed by atoms with Gasteiger partial charge in [-0.15, -0.1) is 11.6 Å². The maximum atomic E-state index is 15.9. The van der Waals surface area contributed by atoms with Crippen molar-refractivity contribution in [3.8, 4) is 0 Å². The summed E-state index contributed by atoms with van der Waals surface area (Å²) in [5.41, 5.74) is -1.84. The molecule has 0 aromatic rings. The molecule has 2 heterocycles. The van der Waals surface area contributed by atoms with Gasteiger partial charge in [-0.3, -0.25) is 18.9 Å². The van der Waals surface area contributed by atoms with Crippen molar-refractivity contribution < 1.29 is 56.2 Å². The number of nitrogens with one attached hydrogen (secondary N) is 1. The minimum atomic E-state index is -4.80.